The summed E-state index contributed by atoms with van der Waals surface area (Å²) >= 11 is 0. The molecule has 0 aliphatic carbocycles. The van der Waals surface area contributed by atoms with Crippen LogP contribution in [-0.4, -0.2) is 36.9 Å². The zero-order valence-corrected chi connectivity index (χ0v) is 14.6. The van der Waals surface area contributed by atoms with E-state index in [9.17, 15) is 0 Å². The van der Waals surface area contributed by atoms with E-state index in [-0.39, 0.29) is 114 Å². The largest absolute Gasteiger partial charge is 0.197 e. The van der Waals surface area contributed by atoms with E-state index >= 15 is 0 Å². The van der Waals surface area contributed by atoms with Crippen molar-refractivity contribution < 1.29 is 49.7 Å². The molecule has 0 saturated heterocycles. The maximum Gasteiger partial charge on any atom is 0 e. The topological polar surface area (TPSA) is 0 Å². The number of hydrogen-bond donors (Lipinski definition) is 0. The van der Waals surface area contributed by atoms with E-state index in [1.54, 1.807) is 0 Å². The third-order valence-electron chi connectivity index (χ3n) is 0. The molecule has 0 aromatic rings. The van der Waals surface area contributed by atoms with Gasteiger partial charge in [-0.05, 0) is 0 Å². The van der Waals surface area contributed by atoms with Crippen molar-refractivity contribution in [3.63, 3.8) is 0 Å². The summed E-state index contributed by atoms with van der Waals surface area (Å²) in [6.45, 7) is 0. The molecule has 0 aliphatic rings. The van der Waals surface area contributed by atoms with E-state index in [1.807, 2.05) is 0 Å². The van der Waals surface area contributed by atoms with E-state index in [4.69, 9.17) is 0 Å². The van der Waals surface area contributed by atoms with Crippen LogP contribution in [0.1, 0.15) is 0 Å². The second kappa shape index (κ2) is 38.9. The summed E-state index contributed by atoms with van der Waals surface area (Å²) in [5, 5.41) is 0. The Hall–Kier alpha value is 3.52. The Morgan fingerprint density at radius 2 is 0.833 bits per heavy atom. The third-order valence-corrected chi connectivity index (χ3v) is 0. The second-order valence-electron chi connectivity index (χ2n) is 0. The van der Waals surface area contributed by atoms with Crippen LogP contribution in [0.15, 0.2) is 0 Å². The van der Waals surface area contributed by atoms with Gasteiger partial charge >= 0.3 is 0 Å². The van der Waals surface area contributed by atoms with Gasteiger partial charge in [0, 0.05) is 86.5 Å². The Labute approximate surface area is 111 Å². The maximum absolute atomic E-state index is 0. The molecule has 0 aromatic carbocycles. The van der Waals surface area contributed by atoms with Crippen molar-refractivity contribution in [2.45, 2.75) is 0 Å². The normalized spacial score (nSPS) is 0. The van der Waals surface area contributed by atoms with Gasteiger partial charge in [-0.15, -0.1) is 0 Å². The monoisotopic (exact) mass is 438 g/mol. The van der Waals surface area contributed by atoms with Crippen molar-refractivity contribution in [3.8, 4) is 0 Å². The van der Waals surface area contributed by atoms with Crippen molar-refractivity contribution in [2.24, 2.45) is 0 Å². The molecule has 0 saturated carbocycles. The average molecular weight is 437 g/mol. The molecule has 38 valence electrons. The summed E-state index contributed by atoms with van der Waals surface area (Å²) in [6, 6.07) is 0. The molecule has 0 aliphatic heterocycles. The number of rotatable bonds is 0. The van der Waals surface area contributed by atoms with Crippen LogP contribution in [0.4, 0.5) is 0 Å². The van der Waals surface area contributed by atoms with Crippen LogP contribution < -0.4 is 0 Å². The molecule has 0 N–H and O–H groups in total. The van der Waals surface area contributed by atoms with Crippen LogP contribution >= 0.6 is 27.0 Å². The van der Waals surface area contributed by atoms with Gasteiger partial charge in [0.05, 0.1) is 0 Å². The molecule has 6 heavy (non-hydrogen) atoms. The molecule has 0 heterocycles. The molecule has 0 bridgehead atoms. The molecule has 6 heteroatoms. The Kier molecular flexibility index (Phi) is 362. The van der Waals surface area contributed by atoms with Crippen LogP contribution in [-0.2, 0) is 49.7 Å². The van der Waals surface area contributed by atoms with Gasteiger partial charge in [-0.1, -0.05) is 0 Å². The first-order valence-electron chi connectivity index (χ1n) is 0. The first-order valence-corrected chi connectivity index (χ1v) is 0. The SMILES string of the molecule is S.S.[Ag].[Cd].[Ga].[Se]. The van der Waals surface area contributed by atoms with E-state index in [2.05, 4.69) is 0 Å². The van der Waals surface area contributed by atoms with Crippen molar-refractivity contribution in [1.82, 2.24) is 0 Å². The van der Waals surface area contributed by atoms with Crippen molar-refractivity contribution in [2.75, 3.05) is 0 Å². The summed E-state index contributed by atoms with van der Waals surface area (Å²) < 4.78 is 0. The second-order valence-corrected chi connectivity index (χ2v) is 0. The van der Waals surface area contributed by atoms with Gasteiger partial charge in [-0.3, -0.25) is 0 Å². The number of hydrogen-bond acceptors (Lipinski definition) is 0. The fourth-order valence-electron chi connectivity index (χ4n) is 0. The molecule has 0 nitrogen and oxygen atoms in total. The standard InChI is InChI=1S/Ag.Cd.Ga.2H2S.Se/h;;;2*1H2;. The Morgan fingerprint density at radius 1 is 0.833 bits per heavy atom. The van der Waals surface area contributed by atoms with E-state index in [0.717, 1.165) is 0 Å². The Balaban J connectivity index is 0. The molecule has 0 spiro atoms. The van der Waals surface area contributed by atoms with Gasteiger partial charge < -0.3 is 0 Å². The summed E-state index contributed by atoms with van der Waals surface area (Å²) in [5.41, 5.74) is 0. The van der Waals surface area contributed by atoms with Crippen LogP contribution in [0, 0.1) is 0 Å². The predicted molar refractivity (Wildman–Crippen MR) is 32.3 cm³/mol. The van der Waals surface area contributed by atoms with E-state index in [1.165, 1.54) is 0 Å². The fraction of sp³-hybridized carbons (Fsp3) is 0. The van der Waals surface area contributed by atoms with E-state index < -0.39 is 0 Å². The Bertz CT molecular complexity index is 13.5. The molecule has 0 amide bonds. The quantitative estimate of drug-likeness (QED) is 0.447. The molecule has 6 radical (unpaired) electrons. The summed E-state index contributed by atoms with van der Waals surface area (Å²) in [6.07, 6.45) is 0. The van der Waals surface area contributed by atoms with Gasteiger partial charge in [-0.2, -0.15) is 27.0 Å². The molecule has 0 fully saturated rings. The molecule has 0 atom stereocenters. The summed E-state index contributed by atoms with van der Waals surface area (Å²) in [5.74, 6) is 0. The third kappa shape index (κ3) is 25.8. The minimum Gasteiger partial charge on any atom is -0.197 e. The van der Waals surface area contributed by atoms with Crippen LogP contribution in [0.2, 0.25) is 0 Å². The fourth-order valence-corrected chi connectivity index (χ4v) is 0. The van der Waals surface area contributed by atoms with Crippen molar-refractivity contribution >= 4 is 63.9 Å². The zero-order valence-electron chi connectivity index (χ0n) is 2.99. The van der Waals surface area contributed by atoms with E-state index in [0.29, 0.717) is 0 Å². The predicted octanol–water partition coefficient (Wildman–Crippen LogP) is -0.541. The first-order chi connectivity index (χ1) is 0. The van der Waals surface area contributed by atoms with Crippen LogP contribution in [0.5, 0.6) is 0 Å². The van der Waals surface area contributed by atoms with Crippen molar-refractivity contribution in [3.05, 3.63) is 0 Å². The zero-order chi connectivity index (χ0) is 0. The smallest absolute Gasteiger partial charge is 0 e. The van der Waals surface area contributed by atoms with Gasteiger partial charge in [0.15, 0.2) is 0 Å². The van der Waals surface area contributed by atoms with Crippen LogP contribution in [0.3, 0.4) is 0 Å². The van der Waals surface area contributed by atoms with Crippen LogP contribution in [0.25, 0.3) is 0 Å². The van der Waals surface area contributed by atoms with Gasteiger partial charge in [-0.25, -0.2) is 0 Å². The first kappa shape index (κ1) is 55.8. The minimum absolute atomic E-state index is 0. The molecular weight excluding hydrogens is 433 g/mol. The molecule has 0 rings (SSSR count). The van der Waals surface area contributed by atoms with Crippen molar-refractivity contribution in [1.29, 1.82) is 0 Å². The van der Waals surface area contributed by atoms with Gasteiger partial charge in [0.2, 0.25) is 0 Å². The molecule has 0 unspecified atom stereocenters. The summed E-state index contributed by atoms with van der Waals surface area (Å²) in [4.78, 5) is 0. The molecule has 0 aromatic heterocycles. The molecular formula is H4AgCdGaS2Se. The average Bonchev–Trinajstić information content (AvgIpc) is 0. The maximum atomic E-state index is 0. The Morgan fingerprint density at radius 3 is 0.833 bits per heavy atom. The summed E-state index contributed by atoms with van der Waals surface area (Å²) in [7, 11) is 0. The van der Waals surface area contributed by atoms with Gasteiger partial charge in [0.25, 0.3) is 0 Å². The van der Waals surface area contributed by atoms with Gasteiger partial charge in [0.1, 0.15) is 0 Å². The minimum atomic E-state index is 0.